The molecule has 0 atom stereocenters. The van der Waals surface area contributed by atoms with Crippen molar-refractivity contribution in [1.29, 1.82) is 0 Å². The van der Waals surface area contributed by atoms with Gasteiger partial charge < -0.3 is 10.6 Å². The molecule has 3 rings (SSSR count). The Morgan fingerprint density at radius 1 is 0.962 bits per heavy atom. The number of para-hydroxylation sites is 1. The van der Waals surface area contributed by atoms with Crippen LogP contribution >= 0.6 is 0 Å². The average Bonchev–Trinajstić information content (AvgIpc) is 2.61. The number of nitro groups is 1. The van der Waals surface area contributed by atoms with Gasteiger partial charge in [0.2, 0.25) is 11.6 Å². The molecule has 1 heterocycles. The Balaban J connectivity index is 2.03. The summed E-state index contributed by atoms with van der Waals surface area (Å²) in [4.78, 5) is 18.9. The molecule has 0 unspecified atom stereocenters. The van der Waals surface area contributed by atoms with E-state index in [0.29, 0.717) is 5.69 Å². The lowest BCUT2D eigenvalue weighted by molar-refractivity contribution is -0.383. The van der Waals surface area contributed by atoms with E-state index in [1.807, 2.05) is 26.0 Å². The number of aromatic nitrogens is 2. The summed E-state index contributed by atoms with van der Waals surface area (Å²) < 4.78 is 13.9. The molecular formula is C18H16FN5O2. The van der Waals surface area contributed by atoms with Gasteiger partial charge in [0, 0.05) is 5.69 Å². The first-order valence-electron chi connectivity index (χ1n) is 7.81. The molecule has 7 nitrogen and oxygen atoms in total. The summed E-state index contributed by atoms with van der Waals surface area (Å²) in [7, 11) is 0. The molecule has 0 radical (unpaired) electrons. The minimum absolute atomic E-state index is 0.0255. The van der Waals surface area contributed by atoms with Crippen LogP contribution in [0.15, 0.2) is 48.8 Å². The Bertz CT molecular complexity index is 978. The Morgan fingerprint density at radius 2 is 1.58 bits per heavy atom. The highest BCUT2D eigenvalue weighted by Crippen LogP contribution is 2.34. The first kappa shape index (κ1) is 17.3. The number of hydrogen-bond acceptors (Lipinski definition) is 6. The van der Waals surface area contributed by atoms with Crippen LogP contribution in [0.2, 0.25) is 0 Å². The molecule has 8 heteroatoms. The molecule has 0 fully saturated rings. The van der Waals surface area contributed by atoms with Crippen LogP contribution in [0.1, 0.15) is 11.1 Å². The largest absolute Gasteiger partial charge is 0.353 e. The summed E-state index contributed by atoms with van der Waals surface area (Å²) >= 11 is 0. The van der Waals surface area contributed by atoms with Crippen LogP contribution in [-0.4, -0.2) is 14.9 Å². The van der Waals surface area contributed by atoms with Gasteiger partial charge in [0.15, 0.2) is 0 Å². The van der Waals surface area contributed by atoms with Gasteiger partial charge in [-0.25, -0.2) is 14.4 Å². The van der Waals surface area contributed by atoms with E-state index in [0.717, 1.165) is 11.1 Å². The zero-order valence-electron chi connectivity index (χ0n) is 14.2. The van der Waals surface area contributed by atoms with E-state index in [2.05, 4.69) is 20.6 Å². The molecular weight excluding hydrogens is 337 g/mol. The maximum Gasteiger partial charge on any atom is 0.353 e. The van der Waals surface area contributed by atoms with Crippen LogP contribution in [0.5, 0.6) is 0 Å². The van der Waals surface area contributed by atoms with Gasteiger partial charge in [0.05, 0.1) is 10.6 Å². The molecule has 0 aliphatic rings. The number of hydrogen-bond donors (Lipinski definition) is 2. The Morgan fingerprint density at radius 3 is 2.23 bits per heavy atom. The van der Waals surface area contributed by atoms with Crippen LogP contribution in [0, 0.1) is 29.8 Å². The SMILES string of the molecule is Cc1cccc(Nc2ncnc(Nc3ccccc3F)c2[N+](=O)[O-])c1C. The molecule has 0 spiro atoms. The monoisotopic (exact) mass is 353 g/mol. The van der Waals surface area contributed by atoms with Crippen molar-refractivity contribution in [2.45, 2.75) is 13.8 Å². The number of aryl methyl sites for hydroxylation is 1. The molecule has 0 amide bonds. The molecule has 0 bridgehead atoms. The fourth-order valence-electron chi connectivity index (χ4n) is 2.44. The summed E-state index contributed by atoms with van der Waals surface area (Å²) in [6.45, 7) is 3.85. The van der Waals surface area contributed by atoms with E-state index in [1.54, 1.807) is 12.1 Å². The summed E-state index contributed by atoms with van der Waals surface area (Å²) in [6.07, 6.45) is 1.18. The molecule has 3 aromatic rings. The summed E-state index contributed by atoms with van der Waals surface area (Å²) in [5.74, 6) is -0.607. The Kier molecular flexibility index (Phi) is 4.74. The van der Waals surface area contributed by atoms with Crippen molar-refractivity contribution in [3.05, 3.63) is 75.9 Å². The van der Waals surface area contributed by atoms with Crippen molar-refractivity contribution in [3.63, 3.8) is 0 Å². The van der Waals surface area contributed by atoms with Crippen LogP contribution in [0.25, 0.3) is 0 Å². The van der Waals surface area contributed by atoms with Gasteiger partial charge in [-0.05, 0) is 43.2 Å². The van der Waals surface area contributed by atoms with E-state index < -0.39 is 10.7 Å². The summed E-state index contributed by atoms with van der Waals surface area (Å²) in [5, 5.41) is 17.3. The number of halogens is 1. The summed E-state index contributed by atoms with van der Waals surface area (Å²) in [6, 6.07) is 11.5. The quantitative estimate of drug-likeness (QED) is 0.513. The Hall–Kier alpha value is -3.55. The predicted octanol–water partition coefficient (Wildman–Crippen LogP) is 4.63. The van der Waals surface area contributed by atoms with Crippen LogP contribution < -0.4 is 10.6 Å². The number of anilines is 4. The maximum absolute atomic E-state index is 13.9. The van der Waals surface area contributed by atoms with Crippen molar-refractivity contribution < 1.29 is 9.31 Å². The van der Waals surface area contributed by atoms with Gasteiger partial charge in [-0.3, -0.25) is 10.1 Å². The third-order valence-electron chi connectivity index (χ3n) is 3.99. The number of benzene rings is 2. The zero-order chi connectivity index (χ0) is 18.7. The van der Waals surface area contributed by atoms with E-state index in [1.165, 1.54) is 24.5 Å². The van der Waals surface area contributed by atoms with Crippen molar-refractivity contribution in [3.8, 4) is 0 Å². The second-order valence-electron chi connectivity index (χ2n) is 5.65. The maximum atomic E-state index is 13.9. The first-order valence-corrected chi connectivity index (χ1v) is 7.81. The third-order valence-corrected chi connectivity index (χ3v) is 3.99. The first-order chi connectivity index (χ1) is 12.5. The van der Waals surface area contributed by atoms with Crippen LogP contribution in [0.4, 0.5) is 33.1 Å². The highest BCUT2D eigenvalue weighted by Gasteiger charge is 2.24. The molecule has 26 heavy (non-hydrogen) atoms. The van der Waals surface area contributed by atoms with E-state index in [9.17, 15) is 14.5 Å². The van der Waals surface area contributed by atoms with Crippen molar-refractivity contribution >= 4 is 28.7 Å². The van der Waals surface area contributed by atoms with Gasteiger partial charge in [-0.1, -0.05) is 24.3 Å². The van der Waals surface area contributed by atoms with E-state index in [4.69, 9.17) is 0 Å². The fourth-order valence-corrected chi connectivity index (χ4v) is 2.44. The second kappa shape index (κ2) is 7.14. The lowest BCUT2D eigenvalue weighted by Crippen LogP contribution is -2.06. The second-order valence-corrected chi connectivity index (χ2v) is 5.65. The predicted molar refractivity (Wildman–Crippen MR) is 97.6 cm³/mol. The van der Waals surface area contributed by atoms with Crippen molar-refractivity contribution in [1.82, 2.24) is 9.97 Å². The number of nitrogens with zero attached hydrogens (tertiary/aromatic N) is 3. The molecule has 0 aliphatic carbocycles. The number of nitrogens with one attached hydrogen (secondary N) is 2. The van der Waals surface area contributed by atoms with Crippen LogP contribution in [0.3, 0.4) is 0 Å². The number of rotatable bonds is 5. The van der Waals surface area contributed by atoms with Crippen LogP contribution in [-0.2, 0) is 0 Å². The summed E-state index contributed by atoms with van der Waals surface area (Å²) in [5.41, 5.74) is 2.41. The minimum Gasteiger partial charge on any atom is -0.334 e. The fraction of sp³-hybridized carbons (Fsp3) is 0.111. The highest BCUT2D eigenvalue weighted by molar-refractivity contribution is 5.77. The molecule has 2 aromatic carbocycles. The van der Waals surface area contributed by atoms with Gasteiger partial charge >= 0.3 is 5.69 Å². The normalized spacial score (nSPS) is 10.4. The van der Waals surface area contributed by atoms with Gasteiger partial charge in [-0.2, -0.15) is 0 Å². The average molecular weight is 353 g/mol. The third kappa shape index (κ3) is 3.44. The topological polar surface area (TPSA) is 93.0 Å². The molecule has 132 valence electrons. The minimum atomic E-state index is -0.601. The van der Waals surface area contributed by atoms with Gasteiger partial charge in [-0.15, -0.1) is 0 Å². The molecule has 0 saturated heterocycles. The molecule has 0 saturated carbocycles. The van der Waals surface area contributed by atoms with E-state index in [-0.39, 0.29) is 23.0 Å². The van der Waals surface area contributed by atoms with Crippen molar-refractivity contribution in [2.24, 2.45) is 0 Å². The lowest BCUT2D eigenvalue weighted by atomic mass is 10.1. The molecule has 0 aliphatic heterocycles. The zero-order valence-corrected chi connectivity index (χ0v) is 14.2. The standard InChI is InChI=1S/C18H16FN5O2/c1-11-6-5-9-14(12(11)2)22-17-16(24(25)26)18(21-10-20-17)23-15-8-4-3-7-13(15)19/h3-10H,1-2H3,(H2,20,21,22,23). The molecule has 2 N–H and O–H groups in total. The van der Waals surface area contributed by atoms with Crippen molar-refractivity contribution in [2.75, 3.05) is 10.6 Å². The lowest BCUT2D eigenvalue weighted by Gasteiger charge is -2.13. The van der Waals surface area contributed by atoms with Gasteiger partial charge in [0.25, 0.3) is 0 Å². The highest BCUT2D eigenvalue weighted by atomic mass is 19.1. The van der Waals surface area contributed by atoms with E-state index >= 15 is 0 Å². The smallest absolute Gasteiger partial charge is 0.334 e. The Labute approximate surface area is 149 Å². The van der Waals surface area contributed by atoms with Gasteiger partial charge in [0.1, 0.15) is 12.1 Å². The molecule has 1 aromatic heterocycles.